The van der Waals surface area contributed by atoms with E-state index in [0.717, 1.165) is 31.7 Å². The van der Waals surface area contributed by atoms with E-state index in [0.29, 0.717) is 6.10 Å². The molecule has 0 saturated carbocycles. The van der Waals surface area contributed by atoms with Gasteiger partial charge in [-0.2, -0.15) is 0 Å². The fourth-order valence-electron chi connectivity index (χ4n) is 2.43. The summed E-state index contributed by atoms with van der Waals surface area (Å²) in [6, 6.07) is 8.23. The third kappa shape index (κ3) is 3.24. The van der Waals surface area contributed by atoms with Crippen molar-refractivity contribution in [2.24, 2.45) is 0 Å². The largest absolute Gasteiger partial charge is 0.497 e. The van der Waals surface area contributed by atoms with Crippen LogP contribution in [0.4, 0.5) is 0 Å². The van der Waals surface area contributed by atoms with Crippen LogP contribution in [-0.4, -0.2) is 38.3 Å². The molecule has 2 rings (SSSR count). The van der Waals surface area contributed by atoms with E-state index in [4.69, 9.17) is 9.47 Å². The van der Waals surface area contributed by atoms with Crippen LogP contribution in [-0.2, 0) is 4.74 Å². The highest BCUT2D eigenvalue weighted by Gasteiger charge is 2.23. The molecule has 2 unspecified atom stereocenters. The van der Waals surface area contributed by atoms with Gasteiger partial charge in [0.05, 0.1) is 19.3 Å². The molecular weight excluding hydrogens is 226 g/mol. The standard InChI is InChI=1S/C15H23NO2/c1-4-13-11-16(2)9-8-15(18-13)12-6-5-7-14(10-12)17-3/h5-7,10,13,15H,4,8-9,11H2,1-3H3. The van der Waals surface area contributed by atoms with Crippen molar-refractivity contribution in [1.29, 1.82) is 0 Å². The van der Waals surface area contributed by atoms with Crippen LogP contribution in [0.5, 0.6) is 5.75 Å². The molecule has 0 aromatic heterocycles. The number of hydrogen-bond acceptors (Lipinski definition) is 3. The van der Waals surface area contributed by atoms with Crippen LogP contribution in [0, 0.1) is 0 Å². The summed E-state index contributed by atoms with van der Waals surface area (Å²) in [5.41, 5.74) is 1.23. The minimum absolute atomic E-state index is 0.190. The number of methoxy groups -OCH3 is 1. The molecule has 0 amide bonds. The molecule has 1 aromatic rings. The van der Waals surface area contributed by atoms with Crippen molar-refractivity contribution in [2.75, 3.05) is 27.2 Å². The van der Waals surface area contributed by atoms with Gasteiger partial charge >= 0.3 is 0 Å². The molecule has 0 spiro atoms. The van der Waals surface area contributed by atoms with Gasteiger partial charge in [-0.25, -0.2) is 0 Å². The van der Waals surface area contributed by atoms with E-state index in [9.17, 15) is 0 Å². The molecule has 100 valence electrons. The van der Waals surface area contributed by atoms with Gasteiger partial charge in [0.2, 0.25) is 0 Å². The number of benzene rings is 1. The minimum Gasteiger partial charge on any atom is -0.497 e. The first-order valence-corrected chi connectivity index (χ1v) is 6.71. The summed E-state index contributed by atoms with van der Waals surface area (Å²) in [6.07, 6.45) is 2.62. The summed E-state index contributed by atoms with van der Waals surface area (Å²) in [5, 5.41) is 0. The summed E-state index contributed by atoms with van der Waals surface area (Å²) >= 11 is 0. The fourth-order valence-corrected chi connectivity index (χ4v) is 2.43. The van der Waals surface area contributed by atoms with E-state index >= 15 is 0 Å². The van der Waals surface area contributed by atoms with Crippen molar-refractivity contribution in [1.82, 2.24) is 4.90 Å². The van der Waals surface area contributed by atoms with E-state index in [1.165, 1.54) is 5.56 Å². The van der Waals surface area contributed by atoms with Crippen LogP contribution in [0.3, 0.4) is 0 Å². The van der Waals surface area contributed by atoms with E-state index in [1.54, 1.807) is 7.11 Å². The molecule has 1 aliphatic heterocycles. The van der Waals surface area contributed by atoms with Crippen LogP contribution in [0.2, 0.25) is 0 Å². The molecule has 0 N–H and O–H groups in total. The number of hydrogen-bond donors (Lipinski definition) is 0. The molecule has 1 heterocycles. The quantitative estimate of drug-likeness (QED) is 0.822. The van der Waals surface area contributed by atoms with Gasteiger partial charge < -0.3 is 14.4 Å². The van der Waals surface area contributed by atoms with Crippen molar-refractivity contribution in [3.05, 3.63) is 29.8 Å². The zero-order valence-corrected chi connectivity index (χ0v) is 11.6. The molecular formula is C15H23NO2. The lowest BCUT2D eigenvalue weighted by molar-refractivity contribution is -0.00860. The minimum atomic E-state index is 0.190. The molecule has 2 atom stereocenters. The normalized spacial score (nSPS) is 25.7. The Morgan fingerprint density at radius 2 is 2.28 bits per heavy atom. The maximum atomic E-state index is 6.22. The van der Waals surface area contributed by atoms with Crippen LogP contribution in [0.15, 0.2) is 24.3 Å². The molecule has 1 fully saturated rings. The van der Waals surface area contributed by atoms with Gasteiger partial charge in [0.25, 0.3) is 0 Å². The molecule has 3 nitrogen and oxygen atoms in total. The van der Waals surface area contributed by atoms with E-state index in [-0.39, 0.29) is 6.10 Å². The smallest absolute Gasteiger partial charge is 0.119 e. The highest BCUT2D eigenvalue weighted by atomic mass is 16.5. The van der Waals surface area contributed by atoms with Gasteiger partial charge in [0.15, 0.2) is 0 Å². The van der Waals surface area contributed by atoms with Crippen molar-refractivity contribution >= 4 is 0 Å². The first-order valence-electron chi connectivity index (χ1n) is 6.71. The SMILES string of the molecule is CCC1CN(C)CCC(c2cccc(OC)c2)O1. The second kappa shape index (κ2) is 6.21. The van der Waals surface area contributed by atoms with Gasteiger partial charge in [0.1, 0.15) is 5.75 Å². The number of likely N-dealkylation sites (N-methyl/N-ethyl adjacent to an activating group) is 1. The second-order valence-corrected chi connectivity index (χ2v) is 4.98. The lowest BCUT2D eigenvalue weighted by Gasteiger charge is -2.21. The topological polar surface area (TPSA) is 21.7 Å². The summed E-state index contributed by atoms with van der Waals surface area (Å²) in [4.78, 5) is 2.36. The summed E-state index contributed by atoms with van der Waals surface area (Å²) < 4.78 is 11.5. The Morgan fingerprint density at radius 3 is 3.00 bits per heavy atom. The van der Waals surface area contributed by atoms with E-state index in [2.05, 4.69) is 31.0 Å². The van der Waals surface area contributed by atoms with Crippen molar-refractivity contribution < 1.29 is 9.47 Å². The van der Waals surface area contributed by atoms with Gasteiger partial charge in [-0.05, 0) is 37.6 Å². The molecule has 0 aliphatic carbocycles. The van der Waals surface area contributed by atoms with Gasteiger partial charge in [-0.15, -0.1) is 0 Å². The Morgan fingerprint density at radius 1 is 1.44 bits per heavy atom. The number of rotatable bonds is 3. The van der Waals surface area contributed by atoms with Gasteiger partial charge in [-0.3, -0.25) is 0 Å². The number of ether oxygens (including phenoxy) is 2. The van der Waals surface area contributed by atoms with Crippen LogP contribution in [0.25, 0.3) is 0 Å². The average Bonchev–Trinajstić information content (AvgIpc) is 2.60. The third-order valence-electron chi connectivity index (χ3n) is 3.57. The molecule has 0 bridgehead atoms. The fraction of sp³-hybridized carbons (Fsp3) is 0.600. The Balaban J connectivity index is 2.14. The Bertz CT molecular complexity index is 381. The van der Waals surface area contributed by atoms with E-state index in [1.807, 2.05) is 12.1 Å². The Kier molecular flexibility index (Phi) is 4.61. The maximum Gasteiger partial charge on any atom is 0.119 e. The highest BCUT2D eigenvalue weighted by Crippen LogP contribution is 2.29. The van der Waals surface area contributed by atoms with Crippen molar-refractivity contribution in [2.45, 2.75) is 32.0 Å². The summed E-state index contributed by atoms with van der Waals surface area (Å²) in [6.45, 7) is 4.29. The first-order chi connectivity index (χ1) is 8.72. The summed E-state index contributed by atoms with van der Waals surface area (Å²) in [7, 11) is 3.87. The molecule has 3 heteroatoms. The predicted molar refractivity (Wildman–Crippen MR) is 73.0 cm³/mol. The predicted octanol–water partition coefficient (Wildman–Crippen LogP) is 2.87. The second-order valence-electron chi connectivity index (χ2n) is 4.98. The van der Waals surface area contributed by atoms with Crippen LogP contribution < -0.4 is 4.74 Å². The monoisotopic (exact) mass is 249 g/mol. The third-order valence-corrected chi connectivity index (χ3v) is 3.57. The molecule has 1 aromatic carbocycles. The lowest BCUT2D eigenvalue weighted by Crippen LogP contribution is -2.27. The number of nitrogens with zero attached hydrogens (tertiary/aromatic N) is 1. The summed E-state index contributed by atoms with van der Waals surface area (Å²) in [5.74, 6) is 0.904. The van der Waals surface area contributed by atoms with Crippen molar-refractivity contribution in [3.8, 4) is 5.75 Å². The average molecular weight is 249 g/mol. The molecule has 18 heavy (non-hydrogen) atoms. The molecule has 0 radical (unpaired) electrons. The molecule has 1 aliphatic rings. The molecule has 1 saturated heterocycles. The van der Waals surface area contributed by atoms with Crippen LogP contribution >= 0.6 is 0 Å². The van der Waals surface area contributed by atoms with Gasteiger partial charge in [-0.1, -0.05) is 19.1 Å². The van der Waals surface area contributed by atoms with Gasteiger partial charge in [0, 0.05) is 13.1 Å². The zero-order chi connectivity index (χ0) is 13.0. The van der Waals surface area contributed by atoms with Crippen molar-refractivity contribution in [3.63, 3.8) is 0 Å². The first kappa shape index (κ1) is 13.4. The highest BCUT2D eigenvalue weighted by molar-refractivity contribution is 5.30. The van der Waals surface area contributed by atoms with Crippen LogP contribution in [0.1, 0.15) is 31.4 Å². The Hall–Kier alpha value is -1.06. The zero-order valence-electron chi connectivity index (χ0n) is 11.6. The maximum absolute atomic E-state index is 6.22. The lowest BCUT2D eigenvalue weighted by atomic mass is 10.1. The van der Waals surface area contributed by atoms with E-state index < -0.39 is 0 Å². The Labute approximate surface area is 110 Å².